The number of halogens is 2. The van der Waals surface area contributed by atoms with Gasteiger partial charge in [-0.25, -0.2) is 4.79 Å². The lowest BCUT2D eigenvalue weighted by atomic mass is 10.1. The van der Waals surface area contributed by atoms with Crippen LogP contribution in [0.3, 0.4) is 0 Å². The first-order valence-electron chi connectivity index (χ1n) is 7.40. The standard InChI is InChI=1S/C18H17Cl2NO3/c1-11(13-6-4-3-5-7-13)21-17(22)12(2)24-18(23)15-10-14(19)8-9-16(15)20/h3-12H,1-2H3,(H,21,22). The summed E-state index contributed by atoms with van der Waals surface area (Å²) in [6, 6.07) is 13.8. The molecule has 2 rings (SSSR count). The predicted molar refractivity (Wildman–Crippen MR) is 94.3 cm³/mol. The lowest BCUT2D eigenvalue weighted by molar-refractivity contribution is -0.129. The average molecular weight is 366 g/mol. The van der Waals surface area contributed by atoms with Gasteiger partial charge in [-0.2, -0.15) is 0 Å². The first kappa shape index (κ1) is 18.3. The molecule has 0 spiro atoms. The second kappa shape index (κ2) is 8.18. The second-order valence-corrected chi connectivity index (χ2v) is 6.16. The highest BCUT2D eigenvalue weighted by atomic mass is 35.5. The van der Waals surface area contributed by atoms with Crippen molar-refractivity contribution in [1.82, 2.24) is 5.32 Å². The molecule has 126 valence electrons. The fraction of sp³-hybridized carbons (Fsp3) is 0.222. The molecule has 0 bridgehead atoms. The average Bonchev–Trinajstić information content (AvgIpc) is 2.57. The number of nitrogens with one attached hydrogen (secondary N) is 1. The van der Waals surface area contributed by atoms with Crippen molar-refractivity contribution in [3.8, 4) is 0 Å². The molecule has 0 fully saturated rings. The third kappa shape index (κ3) is 4.73. The summed E-state index contributed by atoms with van der Waals surface area (Å²) in [7, 11) is 0. The Hall–Kier alpha value is -2.04. The SMILES string of the molecule is CC(OC(=O)c1cc(Cl)ccc1Cl)C(=O)NC(C)c1ccccc1. The number of carbonyl (C=O) groups is 2. The predicted octanol–water partition coefficient (Wildman–Crippen LogP) is 4.42. The van der Waals surface area contributed by atoms with E-state index in [0.29, 0.717) is 5.02 Å². The monoisotopic (exact) mass is 365 g/mol. The maximum absolute atomic E-state index is 12.2. The van der Waals surface area contributed by atoms with E-state index in [4.69, 9.17) is 27.9 Å². The van der Waals surface area contributed by atoms with E-state index in [1.165, 1.54) is 19.1 Å². The lowest BCUT2D eigenvalue weighted by Gasteiger charge is -2.18. The fourth-order valence-electron chi connectivity index (χ4n) is 2.09. The largest absolute Gasteiger partial charge is 0.449 e. The molecule has 2 aromatic carbocycles. The first-order chi connectivity index (χ1) is 11.4. The van der Waals surface area contributed by atoms with Crippen molar-refractivity contribution in [3.63, 3.8) is 0 Å². The van der Waals surface area contributed by atoms with Gasteiger partial charge in [-0.3, -0.25) is 4.79 Å². The molecule has 0 aliphatic rings. The van der Waals surface area contributed by atoms with Gasteiger partial charge in [0.25, 0.3) is 5.91 Å². The van der Waals surface area contributed by atoms with E-state index in [1.54, 1.807) is 6.07 Å². The summed E-state index contributed by atoms with van der Waals surface area (Å²) in [6.07, 6.45) is -0.960. The normalized spacial score (nSPS) is 13.0. The number of hydrogen-bond donors (Lipinski definition) is 1. The van der Waals surface area contributed by atoms with Crippen LogP contribution in [0.15, 0.2) is 48.5 Å². The Morgan fingerprint density at radius 3 is 2.38 bits per heavy atom. The number of hydrogen-bond acceptors (Lipinski definition) is 3. The summed E-state index contributed by atoms with van der Waals surface area (Å²) >= 11 is 11.8. The van der Waals surface area contributed by atoms with Crippen LogP contribution in [0.4, 0.5) is 0 Å². The molecule has 1 N–H and O–H groups in total. The van der Waals surface area contributed by atoms with Crippen LogP contribution in [0.5, 0.6) is 0 Å². The number of rotatable bonds is 5. The van der Waals surface area contributed by atoms with E-state index < -0.39 is 18.0 Å². The molecule has 2 aromatic rings. The van der Waals surface area contributed by atoms with Crippen LogP contribution in [0, 0.1) is 0 Å². The summed E-state index contributed by atoms with van der Waals surface area (Å²) < 4.78 is 5.18. The Morgan fingerprint density at radius 2 is 1.71 bits per heavy atom. The molecule has 0 aliphatic carbocycles. The summed E-state index contributed by atoms with van der Waals surface area (Å²) in [5, 5.41) is 3.38. The zero-order valence-corrected chi connectivity index (χ0v) is 14.8. The summed E-state index contributed by atoms with van der Waals surface area (Å²) in [5.74, 6) is -1.09. The van der Waals surface area contributed by atoms with Crippen LogP contribution in [-0.2, 0) is 9.53 Å². The van der Waals surface area contributed by atoms with Crippen LogP contribution in [0.1, 0.15) is 35.8 Å². The molecule has 0 aromatic heterocycles. The van der Waals surface area contributed by atoms with Crippen LogP contribution >= 0.6 is 23.2 Å². The van der Waals surface area contributed by atoms with Gasteiger partial charge in [-0.1, -0.05) is 53.5 Å². The van der Waals surface area contributed by atoms with Gasteiger partial charge >= 0.3 is 5.97 Å². The van der Waals surface area contributed by atoms with E-state index in [0.717, 1.165) is 5.56 Å². The van der Waals surface area contributed by atoms with Crippen LogP contribution in [0.2, 0.25) is 10.0 Å². The third-order valence-electron chi connectivity index (χ3n) is 3.46. The van der Waals surface area contributed by atoms with Gasteiger partial charge in [0.1, 0.15) is 0 Å². The number of carbonyl (C=O) groups excluding carboxylic acids is 2. The van der Waals surface area contributed by atoms with Crippen molar-refractivity contribution in [2.75, 3.05) is 0 Å². The molecule has 24 heavy (non-hydrogen) atoms. The Labute approximate surface area is 150 Å². The Morgan fingerprint density at radius 1 is 1.04 bits per heavy atom. The fourth-order valence-corrected chi connectivity index (χ4v) is 2.45. The molecule has 6 heteroatoms. The number of amides is 1. The molecular formula is C18H17Cl2NO3. The topological polar surface area (TPSA) is 55.4 Å². The van der Waals surface area contributed by atoms with Gasteiger partial charge in [0.15, 0.2) is 6.10 Å². The van der Waals surface area contributed by atoms with E-state index >= 15 is 0 Å². The highest BCUT2D eigenvalue weighted by Crippen LogP contribution is 2.22. The van der Waals surface area contributed by atoms with Gasteiger partial charge in [0, 0.05) is 5.02 Å². The van der Waals surface area contributed by atoms with E-state index in [9.17, 15) is 9.59 Å². The molecule has 1 amide bonds. The van der Waals surface area contributed by atoms with Gasteiger partial charge in [-0.05, 0) is 37.6 Å². The summed E-state index contributed by atoms with van der Waals surface area (Å²) in [5.41, 5.74) is 1.09. The van der Waals surface area contributed by atoms with Crippen molar-refractivity contribution in [1.29, 1.82) is 0 Å². The molecule has 4 nitrogen and oxygen atoms in total. The van der Waals surface area contributed by atoms with Gasteiger partial charge in [-0.15, -0.1) is 0 Å². The summed E-state index contributed by atoms with van der Waals surface area (Å²) in [6.45, 7) is 3.36. The molecule has 0 aliphatic heterocycles. The molecule has 2 unspecified atom stereocenters. The Balaban J connectivity index is 1.98. The van der Waals surface area contributed by atoms with Crippen LogP contribution in [0.25, 0.3) is 0 Å². The second-order valence-electron chi connectivity index (χ2n) is 5.31. The smallest absolute Gasteiger partial charge is 0.340 e. The quantitative estimate of drug-likeness (QED) is 0.798. The number of esters is 1. The molecule has 0 saturated carbocycles. The Bertz CT molecular complexity index is 734. The number of benzene rings is 2. The van der Waals surface area contributed by atoms with Crippen molar-refractivity contribution in [3.05, 3.63) is 69.7 Å². The molecule has 0 heterocycles. The maximum Gasteiger partial charge on any atom is 0.340 e. The van der Waals surface area contributed by atoms with Crippen molar-refractivity contribution >= 4 is 35.1 Å². The molecule has 0 saturated heterocycles. The van der Waals surface area contributed by atoms with Crippen molar-refractivity contribution < 1.29 is 14.3 Å². The molecular weight excluding hydrogens is 349 g/mol. The van der Waals surface area contributed by atoms with Gasteiger partial charge < -0.3 is 10.1 Å². The van der Waals surface area contributed by atoms with Gasteiger partial charge in [0.05, 0.1) is 16.6 Å². The minimum Gasteiger partial charge on any atom is -0.449 e. The third-order valence-corrected chi connectivity index (χ3v) is 4.02. The lowest BCUT2D eigenvalue weighted by Crippen LogP contribution is -2.37. The summed E-state index contributed by atoms with van der Waals surface area (Å²) in [4.78, 5) is 24.3. The maximum atomic E-state index is 12.2. The van der Waals surface area contributed by atoms with Crippen molar-refractivity contribution in [2.24, 2.45) is 0 Å². The van der Waals surface area contributed by atoms with Crippen LogP contribution in [-0.4, -0.2) is 18.0 Å². The van der Waals surface area contributed by atoms with E-state index in [1.807, 2.05) is 37.3 Å². The number of ether oxygens (including phenoxy) is 1. The molecule has 2 atom stereocenters. The van der Waals surface area contributed by atoms with Crippen molar-refractivity contribution in [2.45, 2.75) is 26.0 Å². The minimum absolute atomic E-state index is 0.125. The van der Waals surface area contributed by atoms with Gasteiger partial charge in [0.2, 0.25) is 0 Å². The van der Waals surface area contributed by atoms with Crippen LogP contribution < -0.4 is 5.32 Å². The van der Waals surface area contributed by atoms with E-state index in [2.05, 4.69) is 5.32 Å². The highest BCUT2D eigenvalue weighted by Gasteiger charge is 2.22. The zero-order chi connectivity index (χ0) is 17.7. The minimum atomic E-state index is -0.960. The highest BCUT2D eigenvalue weighted by molar-refractivity contribution is 6.35. The first-order valence-corrected chi connectivity index (χ1v) is 8.15. The Kier molecular flexibility index (Phi) is 6.23. The zero-order valence-electron chi connectivity index (χ0n) is 13.3. The molecule has 0 radical (unpaired) electrons. The van der Waals surface area contributed by atoms with E-state index in [-0.39, 0.29) is 16.6 Å².